The third-order valence-electron chi connectivity index (χ3n) is 3.77. The highest BCUT2D eigenvalue weighted by molar-refractivity contribution is 8.06. The van der Waals surface area contributed by atoms with Crippen LogP contribution < -0.4 is 5.32 Å². The Hall–Kier alpha value is -0.200. The van der Waals surface area contributed by atoms with Crippen molar-refractivity contribution in [3.63, 3.8) is 0 Å². The summed E-state index contributed by atoms with van der Waals surface area (Å²) in [7, 11) is 0. The number of hydrogen-bond donors (Lipinski definition) is 1. The Morgan fingerprint density at radius 1 is 1.32 bits per heavy atom. The van der Waals surface area contributed by atoms with Crippen molar-refractivity contribution in [2.75, 3.05) is 18.1 Å². The van der Waals surface area contributed by atoms with Crippen molar-refractivity contribution in [3.8, 4) is 0 Å². The molecule has 1 aromatic rings. The summed E-state index contributed by atoms with van der Waals surface area (Å²) in [5.74, 6) is 4.14. The van der Waals surface area contributed by atoms with Crippen LogP contribution in [0.2, 0.25) is 0 Å². The van der Waals surface area contributed by atoms with E-state index in [2.05, 4.69) is 34.1 Å². The van der Waals surface area contributed by atoms with E-state index in [1.54, 1.807) is 0 Å². The second kappa shape index (κ2) is 6.50. The van der Waals surface area contributed by atoms with Crippen molar-refractivity contribution < 1.29 is 4.52 Å². The first-order chi connectivity index (χ1) is 9.38. The molecule has 19 heavy (non-hydrogen) atoms. The standard InChI is InChI=1S/C13H21N3OS2/c1-2-10-11(19-8-7-18-10)12-15-13(17-16-12)9-5-3-4-6-14-9/h9-11,14H,2-8H2,1H3/t9-,10?,11?/m1/s1. The molecule has 0 aliphatic carbocycles. The van der Waals surface area contributed by atoms with Crippen LogP contribution >= 0.6 is 23.5 Å². The van der Waals surface area contributed by atoms with E-state index in [-0.39, 0.29) is 6.04 Å². The number of rotatable bonds is 3. The summed E-state index contributed by atoms with van der Waals surface area (Å²) >= 11 is 4.04. The molecular weight excluding hydrogens is 278 g/mol. The summed E-state index contributed by atoms with van der Waals surface area (Å²) < 4.78 is 5.50. The van der Waals surface area contributed by atoms with Crippen molar-refractivity contribution in [2.24, 2.45) is 0 Å². The Balaban J connectivity index is 1.72. The van der Waals surface area contributed by atoms with Crippen LogP contribution in [-0.4, -0.2) is 33.4 Å². The summed E-state index contributed by atoms with van der Waals surface area (Å²) in [5, 5.41) is 8.76. The number of hydrogen-bond acceptors (Lipinski definition) is 6. The molecule has 0 bridgehead atoms. The van der Waals surface area contributed by atoms with Crippen molar-refractivity contribution in [1.82, 2.24) is 15.5 Å². The lowest BCUT2D eigenvalue weighted by Gasteiger charge is -2.27. The predicted molar refractivity (Wildman–Crippen MR) is 80.6 cm³/mol. The molecule has 0 saturated carbocycles. The van der Waals surface area contributed by atoms with E-state index in [1.165, 1.54) is 30.8 Å². The topological polar surface area (TPSA) is 51.0 Å². The van der Waals surface area contributed by atoms with E-state index in [9.17, 15) is 0 Å². The summed E-state index contributed by atoms with van der Waals surface area (Å²) in [5.41, 5.74) is 0. The van der Waals surface area contributed by atoms with Gasteiger partial charge in [-0.05, 0) is 25.8 Å². The molecule has 6 heteroatoms. The molecule has 2 aliphatic heterocycles. The van der Waals surface area contributed by atoms with Gasteiger partial charge in [-0.15, -0.1) is 11.8 Å². The molecule has 1 aromatic heterocycles. The predicted octanol–water partition coefficient (Wildman–Crippen LogP) is 3.18. The van der Waals surface area contributed by atoms with E-state index in [4.69, 9.17) is 4.52 Å². The molecule has 106 valence electrons. The monoisotopic (exact) mass is 299 g/mol. The SMILES string of the molecule is CCC1SCCSC1c1noc([C@H]2CCCCN2)n1. The molecule has 2 fully saturated rings. The Kier molecular flexibility index (Phi) is 4.71. The Morgan fingerprint density at radius 3 is 3.00 bits per heavy atom. The lowest BCUT2D eigenvalue weighted by molar-refractivity contribution is 0.296. The zero-order valence-electron chi connectivity index (χ0n) is 11.3. The van der Waals surface area contributed by atoms with E-state index in [0.29, 0.717) is 10.5 Å². The van der Waals surface area contributed by atoms with Crippen LogP contribution in [0.25, 0.3) is 0 Å². The molecule has 0 radical (unpaired) electrons. The van der Waals surface area contributed by atoms with Gasteiger partial charge in [0.05, 0.1) is 11.3 Å². The fourth-order valence-electron chi connectivity index (χ4n) is 2.71. The van der Waals surface area contributed by atoms with Gasteiger partial charge in [-0.2, -0.15) is 16.7 Å². The highest BCUT2D eigenvalue weighted by atomic mass is 32.2. The molecular formula is C13H21N3OS2. The van der Waals surface area contributed by atoms with Crippen LogP contribution in [0.5, 0.6) is 0 Å². The molecule has 1 N–H and O–H groups in total. The maximum atomic E-state index is 5.50. The van der Waals surface area contributed by atoms with Crippen LogP contribution in [0.3, 0.4) is 0 Å². The Morgan fingerprint density at radius 2 is 2.21 bits per heavy atom. The molecule has 3 heterocycles. The first-order valence-corrected chi connectivity index (χ1v) is 9.28. The average molecular weight is 299 g/mol. The van der Waals surface area contributed by atoms with Gasteiger partial charge in [-0.3, -0.25) is 0 Å². The molecule has 3 rings (SSSR count). The summed E-state index contributed by atoms with van der Waals surface area (Å²) in [4.78, 5) is 4.68. The minimum atomic E-state index is 0.274. The highest BCUT2D eigenvalue weighted by Crippen LogP contribution is 2.43. The van der Waals surface area contributed by atoms with Gasteiger partial charge >= 0.3 is 0 Å². The van der Waals surface area contributed by atoms with Crippen LogP contribution in [0, 0.1) is 0 Å². The van der Waals surface area contributed by atoms with E-state index < -0.39 is 0 Å². The molecule has 2 aliphatic rings. The summed E-state index contributed by atoms with van der Waals surface area (Å²) in [6, 6.07) is 0.274. The smallest absolute Gasteiger partial charge is 0.243 e. The molecule has 3 atom stereocenters. The quantitative estimate of drug-likeness (QED) is 0.925. The number of aromatic nitrogens is 2. The Bertz CT molecular complexity index is 406. The third-order valence-corrected chi connectivity index (χ3v) is 7.02. The average Bonchev–Trinajstić information content (AvgIpc) is 2.98. The second-order valence-electron chi connectivity index (χ2n) is 5.10. The van der Waals surface area contributed by atoms with Crippen molar-refractivity contribution in [3.05, 3.63) is 11.7 Å². The van der Waals surface area contributed by atoms with Gasteiger partial charge in [-0.1, -0.05) is 18.5 Å². The third kappa shape index (κ3) is 3.11. The Labute approximate surface area is 122 Å². The fourth-order valence-corrected chi connectivity index (χ4v) is 5.69. The van der Waals surface area contributed by atoms with Gasteiger partial charge in [-0.25, -0.2) is 0 Å². The van der Waals surface area contributed by atoms with Gasteiger partial charge in [0, 0.05) is 16.8 Å². The maximum Gasteiger partial charge on any atom is 0.243 e. The largest absolute Gasteiger partial charge is 0.338 e. The normalized spacial score (nSPS) is 32.4. The minimum Gasteiger partial charge on any atom is -0.338 e. The van der Waals surface area contributed by atoms with Crippen molar-refractivity contribution in [1.29, 1.82) is 0 Å². The first-order valence-electron chi connectivity index (χ1n) is 7.18. The zero-order chi connectivity index (χ0) is 13.1. The summed E-state index contributed by atoms with van der Waals surface area (Å²) in [6.45, 7) is 3.31. The minimum absolute atomic E-state index is 0.274. The zero-order valence-corrected chi connectivity index (χ0v) is 12.9. The van der Waals surface area contributed by atoms with E-state index in [1.807, 2.05) is 11.8 Å². The number of piperidine rings is 1. The second-order valence-corrected chi connectivity index (χ2v) is 7.70. The highest BCUT2D eigenvalue weighted by Gasteiger charge is 2.31. The lowest BCUT2D eigenvalue weighted by Crippen LogP contribution is -2.27. The molecule has 0 aromatic carbocycles. The number of nitrogens with zero attached hydrogens (tertiary/aromatic N) is 2. The number of nitrogens with one attached hydrogen (secondary N) is 1. The van der Waals surface area contributed by atoms with Crippen LogP contribution in [0.1, 0.15) is 55.6 Å². The molecule has 2 unspecified atom stereocenters. The molecule has 4 nitrogen and oxygen atoms in total. The maximum absolute atomic E-state index is 5.50. The molecule has 0 spiro atoms. The first kappa shape index (κ1) is 13.8. The van der Waals surface area contributed by atoms with Gasteiger partial charge in [0.2, 0.25) is 5.89 Å². The van der Waals surface area contributed by atoms with E-state index in [0.717, 1.165) is 24.7 Å². The molecule has 2 saturated heterocycles. The van der Waals surface area contributed by atoms with Gasteiger partial charge in [0.1, 0.15) is 0 Å². The van der Waals surface area contributed by atoms with Gasteiger partial charge < -0.3 is 9.84 Å². The van der Waals surface area contributed by atoms with Crippen LogP contribution in [-0.2, 0) is 0 Å². The van der Waals surface area contributed by atoms with Gasteiger partial charge in [0.15, 0.2) is 5.82 Å². The van der Waals surface area contributed by atoms with Crippen molar-refractivity contribution >= 4 is 23.5 Å². The van der Waals surface area contributed by atoms with E-state index >= 15 is 0 Å². The molecule has 0 amide bonds. The lowest BCUT2D eigenvalue weighted by atomic mass is 10.1. The number of thioether (sulfide) groups is 2. The fraction of sp³-hybridized carbons (Fsp3) is 0.846. The van der Waals surface area contributed by atoms with Gasteiger partial charge in [0.25, 0.3) is 0 Å². The van der Waals surface area contributed by atoms with Crippen LogP contribution in [0.4, 0.5) is 0 Å². The summed E-state index contributed by atoms with van der Waals surface area (Å²) in [6.07, 6.45) is 4.80. The van der Waals surface area contributed by atoms with Crippen molar-refractivity contribution in [2.45, 2.75) is 49.1 Å². The van der Waals surface area contributed by atoms with Crippen LogP contribution in [0.15, 0.2) is 4.52 Å².